The van der Waals surface area contributed by atoms with E-state index in [1.54, 1.807) is 7.11 Å². The van der Waals surface area contributed by atoms with Crippen molar-refractivity contribution in [3.63, 3.8) is 0 Å². The molecule has 3 unspecified atom stereocenters. The van der Waals surface area contributed by atoms with E-state index in [9.17, 15) is 9.59 Å². The summed E-state index contributed by atoms with van der Waals surface area (Å²) in [6, 6.07) is 25.4. The zero-order chi connectivity index (χ0) is 21.8. The third-order valence-electron chi connectivity index (χ3n) is 6.87. The summed E-state index contributed by atoms with van der Waals surface area (Å²) >= 11 is 0. The Bertz CT molecular complexity index is 1340. The molecule has 0 bridgehead atoms. The minimum absolute atomic E-state index is 0.0146. The first-order chi connectivity index (χ1) is 15.7. The van der Waals surface area contributed by atoms with Gasteiger partial charge in [-0.3, -0.25) is 9.59 Å². The van der Waals surface area contributed by atoms with Crippen LogP contribution in [-0.2, 0) is 9.59 Å². The molecule has 2 heterocycles. The second kappa shape index (κ2) is 7.09. The van der Waals surface area contributed by atoms with Crippen molar-refractivity contribution in [3.8, 4) is 5.75 Å². The van der Waals surface area contributed by atoms with Gasteiger partial charge in [-0.1, -0.05) is 48.5 Å². The Morgan fingerprint density at radius 2 is 1.62 bits per heavy atom. The van der Waals surface area contributed by atoms with Gasteiger partial charge in [-0.2, -0.15) is 0 Å². The largest absolute Gasteiger partial charge is 0.497 e. The molecule has 0 spiro atoms. The third kappa shape index (κ3) is 2.64. The number of anilines is 1. The highest BCUT2D eigenvalue weighted by molar-refractivity contribution is 6.24. The fourth-order valence-electron chi connectivity index (χ4n) is 5.44. The van der Waals surface area contributed by atoms with Gasteiger partial charge in [0, 0.05) is 22.5 Å². The van der Waals surface area contributed by atoms with Crippen molar-refractivity contribution in [1.82, 2.24) is 4.98 Å². The monoisotopic (exact) mass is 422 g/mol. The van der Waals surface area contributed by atoms with Gasteiger partial charge in [0.1, 0.15) is 5.75 Å². The number of nitrogens with one attached hydrogen (secondary N) is 1. The van der Waals surface area contributed by atoms with Crippen LogP contribution in [0.2, 0.25) is 0 Å². The number of carbonyl (C=O) groups is 2. The number of aromatic nitrogens is 1. The standard InChI is InChI=1S/C27H22N2O3/c1-32-18-12-13-22-20(14-18)23-19(16-8-4-2-5-9-16)15-21-24(25(23)28-22)27(31)29(26(21)30)17-10-6-3-7-11-17/h2-14,19,21,24,28H,15H2,1H3. The molecule has 0 saturated carbocycles. The van der Waals surface area contributed by atoms with E-state index >= 15 is 0 Å². The molecule has 3 atom stereocenters. The maximum atomic E-state index is 13.6. The Morgan fingerprint density at radius 3 is 2.34 bits per heavy atom. The second-order valence-corrected chi connectivity index (χ2v) is 8.49. The summed E-state index contributed by atoms with van der Waals surface area (Å²) in [5.74, 6) is -0.383. The molecule has 1 aliphatic carbocycles. The number of H-pyrrole nitrogens is 1. The summed E-state index contributed by atoms with van der Waals surface area (Å²) in [7, 11) is 1.65. The van der Waals surface area contributed by atoms with E-state index < -0.39 is 11.8 Å². The normalized spacial score (nSPS) is 22.2. The number of para-hydroxylation sites is 1. The summed E-state index contributed by atoms with van der Waals surface area (Å²) in [5, 5.41) is 1.05. The topological polar surface area (TPSA) is 62.4 Å². The van der Waals surface area contributed by atoms with Gasteiger partial charge in [0.25, 0.3) is 0 Å². The second-order valence-electron chi connectivity index (χ2n) is 8.49. The van der Waals surface area contributed by atoms with Crippen LogP contribution in [0.3, 0.4) is 0 Å². The predicted molar refractivity (Wildman–Crippen MR) is 123 cm³/mol. The molecule has 5 heteroatoms. The van der Waals surface area contributed by atoms with Gasteiger partial charge in [0.2, 0.25) is 11.8 Å². The number of amides is 2. The van der Waals surface area contributed by atoms with Crippen LogP contribution in [0.15, 0.2) is 78.9 Å². The molecule has 1 saturated heterocycles. The molecule has 2 amide bonds. The summed E-state index contributed by atoms with van der Waals surface area (Å²) < 4.78 is 5.48. The molecule has 32 heavy (non-hydrogen) atoms. The lowest BCUT2D eigenvalue weighted by atomic mass is 9.71. The van der Waals surface area contributed by atoms with Crippen LogP contribution >= 0.6 is 0 Å². The lowest BCUT2D eigenvalue weighted by Crippen LogP contribution is -2.30. The van der Waals surface area contributed by atoms with Crippen molar-refractivity contribution < 1.29 is 14.3 Å². The molecular formula is C27H22N2O3. The molecule has 0 radical (unpaired) electrons. The van der Waals surface area contributed by atoms with Gasteiger partial charge in [-0.15, -0.1) is 0 Å². The zero-order valence-corrected chi connectivity index (χ0v) is 17.6. The van der Waals surface area contributed by atoms with E-state index in [-0.39, 0.29) is 17.7 Å². The van der Waals surface area contributed by atoms with E-state index in [2.05, 4.69) is 17.1 Å². The SMILES string of the molecule is COc1ccc2[nH]c3c(c2c1)C(c1ccccc1)CC1C(=O)N(c2ccccc2)C(=O)C31. The number of hydrogen-bond acceptors (Lipinski definition) is 3. The van der Waals surface area contributed by atoms with Gasteiger partial charge >= 0.3 is 0 Å². The quantitative estimate of drug-likeness (QED) is 0.474. The van der Waals surface area contributed by atoms with E-state index in [1.165, 1.54) is 4.90 Å². The number of imide groups is 1. The van der Waals surface area contributed by atoms with Crippen molar-refractivity contribution in [1.29, 1.82) is 0 Å². The van der Waals surface area contributed by atoms with E-state index in [0.717, 1.165) is 33.5 Å². The van der Waals surface area contributed by atoms with Crippen LogP contribution in [0.5, 0.6) is 5.75 Å². The Hall–Kier alpha value is -3.86. The number of aromatic amines is 1. The van der Waals surface area contributed by atoms with Crippen LogP contribution < -0.4 is 9.64 Å². The molecule has 4 aromatic rings. The molecule has 1 aromatic heterocycles. The predicted octanol–water partition coefficient (Wildman–Crippen LogP) is 4.99. The highest BCUT2D eigenvalue weighted by Gasteiger charge is 2.54. The van der Waals surface area contributed by atoms with Gasteiger partial charge in [-0.05, 0) is 47.9 Å². The first-order valence-electron chi connectivity index (χ1n) is 10.8. The molecule has 1 N–H and O–H groups in total. The third-order valence-corrected chi connectivity index (χ3v) is 6.87. The average Bonchev–Trinajstić information content (AvgIpc) is 3.34. The fourth-order valence-corrected chi connectivity index (χ4v) is 5.44. The Balaban J connectivity index is 1.57. The molecule has 5 nitrogen and oxygen atoms in total. The van der Waals surface area contributed by atoms with Gasteiger partial charge < -0.3 is 9.72 Å². The lowest BCUT2D eigenvalue weighted by molar-refractivity contribution is -0.122. The summed E-state index contributed by atoms with van der Waals surface area (Å²) in [6.07, 6.45) is 0.597. The van der Waals surface area contributed by atoms with Crippen molar-refractivity contribution in [2.24, 2.45) is 5.92 Å². The first-order valence-corrected chi connectivity index (χ1v) is 10.8. The summed E-state index contributed by atoms with van der Waals surface area (Å²) in [5.41, 5.74) is 4.69. The molecule has 1 fully saturated rings. The minimum atomic E-state index is -0.504. The van der Waals surface area contributed by atoms with Crippen LogP contribution in [0.25, 0.3) is 10.9 Å². The minimum Gasteiger partial charge on any atom is -0.497 e. The van der Waals surface area contributed by atoms with Gasteiger partial charge in [0.15, 0.2) is 0 Å². The number of ether oxygens (including phenoxy) is 1. The average molecular weight is 422 g/mol. The lowest BCUT2D eigenvalue weighted by Gasteiger charge is -2.30. The molecule has 158 valence electrons. The number of hydrogen-bond donors (Lipinski definition) is 1. The van der Waals surface area contributed by atoms with Crippen molar-refractivity contribution in [2.75, 3.05) is 12.0 Å². The maximum absolute atomic E-state index is 13.6. The highest BCUT2D eigenvalue weighted by Crippen LogP contribution is 2.52. The maximum Gasteiger partial charge on any atom is 0.243 e. The van der Waals surface area contributed by atoms with Crippen LogP contribution in [-0.4, -0.2) is 23.9 Å². The molecule has 3 aromatic carbocycles. The molecule has 2 aliphatic rings. The molecule has 6 rings (SSSR count). The number of rotatable bonds is 3. The van der Waals surface area contributed by atoms with E-state index in [0.29, 0.717) is 12.1 Å². The van der Waals surface area contributed by atoms with Crippen LogP contribution in [0, 0.1) is 5.92 Å². The number of carbonyl (C=O) groups excluding carboxylic acids is 2. The van der Waals surface area contributed by atoms with E-state index in [1.807, 2.05) is 66.7 Å². The number of nitrogens with zero attached hydrogens (tertiary/aromatic N) is 1. The summed E-state index contributed by atoms with van der Waals surface area (Å²) in [4.78, 5) is 32.0. The first kappa shape index (κ1) is 18.9. The Morgan fingerprint density at radius 1 is 0.906 bits per heavy atom. The number of methoxy groups -OCH3 is 1. The van der Waals surface area contributed by atoms with E-state index in [4.69, 9.17) is 4.74 Å². The van der Waals surface area contributed by atoms with Crippen molar-refractivity contribution in [3.05, 3.63) is 95.7 Å². The smallest absolute Gasteiger partial charge is 0.243 e. The molecular weight excluding hydrogens is 400 g/mol. The number of fused-ring (bicyclic) bond motifs is 5. The van der Waals surface area contributed by atoms with Crippen molar-refractivity contribution in [2.45, 2.75) is 18.3 Å². The Kier molecular flexibility index (Phi) is 4.18. The highest BCUT2D eigenvalue weighted by atomic mass is 16.5. The van der Waals surface area contributed by atoms with Crippen molar-refractivity contribution >= 4 is 28.4 Å². The zero-order valence-electron chi connectivity index (χ0n) is 17.6. The fraction of sp³-hybridized carbons (Fsp3) is 0.185. The Labute approximate surface area is 185 Å². The van der Waals surface area contributed by atoms with Crippen LogP contribution in [0.4, 0.5) is 5.69 Å². The number of benzene rings is 3. The van der Waals surface area contributed by atoms with Gasteiger partial charge in [-0.25, -0.2) is 4.90 Å². The summed E-state index contributed by atoms with van der Waals surface area (Å²) in [6.45, 7) is 0. The molecule has 1 aliphatic heterocycles. The van der Waals surface area contributed by atoms with Gasteiger partial charge in [0.05, 0.1) is 24.6 Å². The van der Waals surface area contributed by atoms with Crippen LogP contribution in [0.1, 0.15) is 35.1 Å².